The number of imide groups is 1. The molecule has 2 aromatic rings. The summed E-state index contributed by atoms with van der Waals surface area (Å²) in [7, 11) is 1.60. The van der Waals surface area contributed by atoms with Crippen LogP contribution in [0.15, 0.2) is 48.5 Å². The van der Waals surface area contributed by atoms with Gasteiger partial charge in [0.15, 0.2) is 0 Å². The van der Waals surface area contributed by atoms with Gasteiger partial charge in [0.25, 0.3) is 5.91 Å². The lowest BCUT2D eigenvalue weighted by atomic mass is 10.1. The van der Waals surface area contributed by atoms with Crippen molar-refractivity contribution in [3.63, 3.8) is 0 Å². The monoisotopic (exact) mass is 395 g/mol. The third kappa shape index (κ3) is 4.39. The van der Waals surface area contributed by atoms with Crippen molar-refractivity contribution < 1.29 is 19.1 Å². The predicted molar refractivity (Wildman–Crippen MR) is 110 cm³/mol. The van der Waals surface area contributed by atoms with Crippen molar-refractivity contribution in [3.8, 4) is 5.75 Å². The van der Waals surface area contributed by atoms with E-state index in [0.29, 0.717) is 18.7 Å². The molecule has 1 fully saturated rings. The van der Waals surface area contributed by atoms with Crippen LogP contribution in [-0.2, 0) is 16.0 Å². The maximum absolute atomic E-state index is 12.8. The van der Waals surface area contributed by atoms with Gasteiger partial charge in [0.05, 0.1) is 7.11 Å². The number of urea groups is 1. The number of benzene rings is 2. The Bertz CT molecular complexity index is 911. The van der Waals surface area contributed by atoms with Gasteiger partial charge < -0.3 is 10.1 Å². The largest absolute Gasteiger partial charge is 0.496 e. The molecule has 1 atom stereocenters. The van der Waals surface area contributed by atoms with Gasteiger partial charge in [0.1, 0.15) is 18.3 Å². The van der Waals surface area contributed by atoms with Gasteiger partial charge in [-0.2, -0.15) is 0 Å². The Morgan fingerprint density at radius 2 is 1.79 bits per heavy atom. The standard InChI is InChI=1S/C22H25N3O4/c1-15-8-10-18(11-9-15)25-16(2)21(27)24(22(25)28)14-20(26)23-13-12-17-6-4-5-7-19(17)29-3/h4-11,16H,12-14H2,1-3H3,(H,23,26)/t16-/m1/s1. The number of aryl methyl sites for hydroxylation is 1. The molecule has 1 saturated heterocycles. The SMILES string of the molecule is COc1ccccc1CCNC(=O)CN1C(=O)[C@@H](C)N(c2ccc(C)cc2)C1=O. The van der Waals surface area contributed by atoms with Crippen LogP contribution in [0.3, 0.4) is 0 Å². The van der Waals surface area contributed by atoms with Gasteiger partial charge in [-0.15, -0.1) is 0 Å². The lowest BCUT2D eigenvalue weighted by Gasteiger charge is -2.19. The van der Waals surface area contributed by atoms with Crippen molar-refractivity contribution in [3.05, 3.63) is 59.7 Å². The normalized spacial score (nSPS) is 16.3. The van der Waals surface area contributed by atoms with Gasteiger partial charge in [-0.1, -0.05) is 35.9 Å². The molecule has 0 aliphatic carbocycles. The topological polar surface area (TPSA) is 79.0 Å². The van der Waals surface area contributed by atoms with Crippen molar-refractivity contribution in [2.24, 2.45) is 0 Å². The lowest BCUT2D eigenvalue weighted by molar-refractivity contribution is -0.131. The van der Waals surface area contributed by atoms with Gasteiger partial charge in [-0.3, -0.25) is 19.4 Å². The molecule has 7 heteroatoms. The summed E-state index contributed by atoms with van der Waals surface area (Å²) in [5, 5.41) is 2.77. The Balaban J connectivity index is 1.59. The zero-order valence-corrected chi connectivity index (χ0v) is 16.8. The number of anilines is 1. The number of para-hydroxylation sites is 1. The molecule has 152 valence electrons. The third-order valence-electron chi connectivity index (χ3n) is 4.97. The second kappa shape index (κ2) is 8.77. The van der Waals surface area contributed by atoms with Crippen molar-refractivity contribution >= 4 is 23.5 Å². The Morgan fingerprint density at radius 3 is 2.48 bits per heavy atom. The van der Waals surface area contributed by atoms with E-state index < -0.39 is 12.1 Å². The molecule has 4 amide bonds. The molecule has 0 radical (unpaired) electrons. The van der Waals surface area contributed by atoms with Gasteiger partial charge in [0, 0.05) is 12.2 Å². The van der Waals surface area contributed by atoms with Crippen LogP contribution in [0.4, 0.5) is 10.5 Å². The number of methoxy groups -OCH3 is 1. The van der Waals surface area contributed by atoms with Crippen LogP contribution in [0.25, 0.3) is 0 Å². The van der Waals surface area contributed by atoms with E-state index in [1.165, 1.54) is 4.90 Å². The summed E-state index contributed by atoms with van der Waals surface area (Å²) < 4.78 is 5.30. The fourth-order valence-corrected chi connectivity index (χ4v) is 3.36. The first-order chi connectivity index (χ1) is 13.9. The summed E-state index contributed by atoms with van der Waals surface area (Å²) in [5.41, 5.74) is 2.67. The van der Waals surface area contributed by atoms with Crippen molar-refractivity contribution in [2.75, 3.05) is 25.1 Å². The Kier molecular flexibility index (Phi) is 6.16. The molecule has 29 heavy (non-hydrogen) atoms. The van der Waals surface area contributed by atoms with Gasteiger partial charge in [0.2, 0.25) is 5.91 Å². The van der Waals surface area contributed by atoms with Crippen molar-refractivity contribution in [1.29, 1.82) is 0 Å². The summed E-state index contributed by atoms with van der Waals surface area (Å²) in [6, 6.07) is 13.8. The van der Waals surface area contributed by atoms with E-state index in [4.69, 9.17) is 4.74 Å². The average molecular weight is 395 g/mol. The fraction of sp³-hybridized carbons (Fsp3) is 0.318. The molecule has 1 heterocycles. The van der Waals surface area contributed by atoms with Crippen LogP contribution in [0.5, 0.6) is 5.75 Å². The summed E-state index contributed by atoms with van der Waals surface area (Å²) in [6.07, 6.45) is 0.587. The number of rotatable bonds is 7. The number of nitrogens with one attached hydrogen (secondary N) is 1. The highest BCUT2D eigenvalue weighted by molar-refractivity contribution is 6.15. The minimum absolute atomic E-state index is 0.295. The molecule has 0 bridgehead atoms. The van der Waals surface area contributed by atoms with Crippen molar-refractivity contribution in [1.82, 2.24) is 10.2 Å². The molecular weight excluding hydrogens is 370 g/mol. The Hall–Kier alpha value is -3.35. The molecule has 0 saturated carbocycles. The van der Waals surface area contributed by atoms with E-state index >= 15 is 0 Å². The van der Waals surface area contributed by atoms with E-state index in [-0.39, 0.29) is 18.4 Å². The molecule has 2 aromatic carbocycles. The molecule has 0 unspecified atom stereocenters. The highest BCUT2D eigenvalue weighted by Gasteiger charge is 2.43. The number of carbonyl (C=O) groups is 3. The second-order valence-electron chi connectivity index (χ2n) is 7.00. The maximum atomic E-state index is 12.8. The van der Waals surface area contributed by atoms with Crippen LogP contribution >= 0.6 is 0 Å². The Labute approximate surface area is 170 Å². The zero-order valence-electron chi connectivity index (χ0n) is 16.8. The molecule has 0 aromatic heterocycles. The molecule has 1 aliphatic heterocycles. The number of hydrogen-bond donors (Lipinski definition) is 1. The number of amides is 4. The van der Waals surface area contributed by atoms with E-state index in [0.717, 1.165) is 21.8 Å². The molecular formula is C22H25N3O4. The number of nitrogens with zero attached hydrogens (tertiary/aromatic N) is 2. The zero-order chi connectivity index (χ0) is 21.0. The summed E-state index contributed by atoms with van der Waals surface area (Å²) in [4.78, 5) is 40.1. The van der Waals surface area contributed by atoms with Crippen LogP contribution < -0.4 is 15.0 Å². The first-order valence-corrected chi connectivity index (χ1v) is 9.52. The maximum Gasteiger partial charge on any atom is 0.332 e. The van der Waals surface area contributed by atoms with Gasteiger partial charge >= 0.3 is 6.03 Å². The molecule has 7 nitrogen and oxygen atoms in total. The van der Waals surface area contributed by atoms with Gasteiger partial charge in [-0.25, -0.2) is 4.79 Å². The fourth-order valence-electron chi connectivity index (χ4n) is 3.36. The predicted octanol–water partition coefficient (Wildman–Crippen LogP) is 2.52. The smallest absolute Gasteiger partial charge is 0.332 e. The highest BCUT2D eigenvalue weighted by atomic mass is 16.5. The van der Waals surface area contributed by atoms with E-state index in [1.807, 2.05) is 43.3 Å². The minimum Gasteiger partial charge on any atom is -0.496 e. The van der Waals surface area contributed by atoms with Crippen LogP contribution in [0.2, 0.25) is 0 Å². The molecule has 3 rings (SSSR count). The Morgan fingerprint density at radius 1 is 1.10 bits per heavy atom. The number of carbonyl (C=O) groups excluding carboxylic acids is 3. The molecule has 1 aliphatic rings. The van der Waals surface area contributed by atoms with E-state index in [9.17, 15) is 14.4 Å². The van der Waals surface area contributed by atoms with Crippen molar-refractivity contribution in [2.45, 2.75) is 26.3 Å². The van der Waals surface area contributed by atoms with Crippen LogP contribution in [0.1, 0.15) is 18.1 Å². The quantitative estimate of drug-likeness (QED) is 0.731. The molecule has 0 spiro atoms. The van der Waals surface area contributed by atoms with E-state index in [2.05, 4.69) is 5.32 Å². The third-order valence-corrected chi connectivity index (χ3v) is 4.97. The lowest BCUT2D eigenvalue weighted by Crippen LogP contribution is -2.42. The first-order valence-electron chi connectivity index (χ1n) is 9.52. The summed E-state index contributed by atoms with van der Waals surface area (Å²) in [5.74, 6) is 0.00391. The average Bonchev–Trinajstić information content (AvgIpc) is 2.92. The highest BCUT2D eigenvalue weighted by Crippen LogP contribution is 2.26. The summed E-state index contributed by atoms with van der Waals surface area (Å²) in [6.45, 7) is 3.70. The van der Waals surface area contributed by atoms with Crippen LogP contribution in [-0.4, -0.2) is 49.0 Å². The molecule has 1 N–H and O–H groups in total. The number of hydrogen-bond acceptors (Lipinski definition) is 4. The number of ether oxygens (including phenoxy) is 1. The first kappa shape index (κ1) is 20.4. The minimum atomic E-state index is -0.647. The van der Waals surface area contributed by atoms with Crippen LogP contribution in [0, 0.1) is 6.92 Å². The summed E-state index contributed by atoms with van der Waals surface area (Å²) >= 11 is 0. The second-order valence-corrected chi connectivity index (χ2v) is 7.00. The van der Waals surface area contributed by atoms with Gasteiger partial charge in [-0.05, 0) is 44.0 Å². The van der Waals surface area contributed by atoms with E-state index in [1.54, 1.807) is 26.2 Å².